The van der Waals surface area contributed by atoms with Crippen LogP contribution < -0.4 is 0 Å². The average Bonchev–Trinajstić information content (AvgIpc) is 2.80. The van der Waals surface area contributed by atoms with E-state index in [2.05, 4.69) is 0 Å². The second-order valence-corrected chi connectivity index (χ2v) is 8.20. The van der Waals surface area contributed by atoms with Crippen molar-refractivity contribution in [3.8, 4) is 0 Å². The smallest absolute Gasteiger partial charge is 0.379 e. The summed E-state index contributed by atoms with van der Waals surface area (Å²) in [5.74, 6) is 1.63. The Morgan fingerprint density at radius 3 is 1.95 bits per heavy atom. The molecular weight excluding hydrogens is 295 g/mol. The van der Waals surface area contributed by atoms with Gasteiger partial charge in [0.05, 0.1) is 12.0 Å². The molecule has 4 saturated carbocycles. The quantitative estimate of drug-likeness (QED) is 0.808. The lowest BCUT2D eigenvalue weighted by molar-refractivity contribution is -0.254. The predicted octanol–water partition coefficient (Wildman–Crippen LogP) is 2.73. The summed E-state index contributed by atoms with van der Waals surface area (Å²) >= 11 is 0. The second kappa shape index (κ2) is 4.40. The maximum absolute atomic E-state index is 13.0. The largest absolute Gasteiger partial charge is 0.419 e. The van der Waals surface area contributed by atoms with Gasteiger partial charge in [-0.25, -0.2) is 0 Å². The fourth-order valence-corrected chi connectivity index (χ4v) is 5.91. The van der Waals surface area contributed by atoms with Gasteiger partial charge in [-0.05, 0) is 56.3 Å². The van der Waals surface area contributed by atoms with Crippen molar-refractivity contribution < 1.29 is 23.1 Å². The van der Waals surface area contributed by atoms with Crippen LogP contribution in [0.5, 0.6) is 0 Å². The van der Waals surface area contributed by atoms with Crippen LogP contribution in [0, 0.1) is 23.2 Å². The first kappa shape index (κ1) is 14.8. The summed E-state index contributed by atoms with van der Waals surface area (Å²) in [6.07, 6.45) is 1.06. The molecule has 0 aromatic carbocycles. The lowest BCUT2D eigenvalue weighted by Crippen LogP contribution is -2.55. The molecule has 22 heavy (non-hydrogen) atoms. The van der Waals surface area contributed by atoms with Crippen molar-refractivity contribution in [2.75, 3.05) is 13.1 Å². The van der Waals surface area contributed by atoms with Gasteiger partial charge in [0, 0.05) is 13.0 Å². The third-order valence-electron chi connectivity index (χ3n) is 6.55. The van der Waals surface area contributed by atoms with Gasteiger partial charge in [0.1, 0.15) is 0 Å². The lowest BCUT2D eigenvalue weighted by atomic mass is 9.49. The molecule has 4 bridgehead atoms. The summed E-state index contributed by atoms with van der Waals surface area (Å²) in [5.41, 5.74) is -3.14. The highest BCUT2D eigenvalue weighted by Crippen LogP contribution is 2.60. The van der Waals surface area contributed by atoms with Crippen molar-refractivity contribution in [3.05, 3.63) is 0 Å². The van der Waals surface area contributed by atoms with Crippen LogP contribution in [0.4, 0.5) is 13.2 Å². The fraction of sp³-hybridized carbons (Fsp3) is 0.938. The van der Waals surface area contributed by atoms with Crippen LogP contribution in [0.15, 0.2) is 0 Å². The van der Waals surface area contributed by atoms with Crippen molar-refractivity contribution in [2.24, 2.45) is 23.2 Å². The van der Waals surface area contributed by atoms with Crippen LogP contribution in [0.3, 0.4) is 0 Å². The Hall–Kier alpha value is -0.780. The van der Waals surface area contributed by atoms with Crippen LogP contribution in [0.25, 0.3) is 0 Å². The number of β-amino-alcohol motifs (C(OH)–C–C–N with tert-alkyl or cyclic N) is 1. The molecule has 1 N–H and O–H groups in total. The van der Waals surface area contributed by atoms with E-state index in [9.17, 15) is 23.1 Å². The van der Waals surface area contributed by atoms with Crippen molar-refractivity contribution >= 4 is 5.91 Å². The third kappa shape index (κ3) is 2.02. The van der Waals surface area contributed by atoms with E-state index >= 15 is 0 Å². The van der Waals surface area contributed by atoms with Gasteiger partial charge in [0.15, 0.2) is 5.60 Å². The van der Waals surface area contributed by atoms with Gasteiger partial charge in [-0.2, -0.15) is 13.2 Å². The number of nitrogens with zero attached hydrogens (tertiary/aromatic N) is 1. The van der Waals surface area contributed by atoms with Crippen LogP contribution in [-0.4, -0.2) is 40.8 Å². The first-order valence-electron chi connectivity index (χ1n) is 8.29. The molecular formula is C16H22F3NO2. The Labute approximate surface area is 127 Å². The number of carbonyl (C=O) groups is 1. The zero-order valence-corrected chi connectivity index (χ0v) is 12.5. The third-order valence-corrected chi connectivity index (χ3v) is 6.55. The van der Waals surface area contributed by atoms with E-state index in [1.807, 2.05) is 0 Å². The van der Waals surface area contributed by atoms with Crippen LogP contribution in [-0.2, 0) is 4.79 Å². The maximum Gasteiger partial charge on any atom is 0.419 e. The van der Waals surface area contributed by atoms with Gasteiger partial charge in [0.25, 0.3) is 0 Å². The number of hydrogen-bond donors (Lipinski definition) is 1. The highest BCUT2D eigenvalue weighted by atomic mass is 19.4. The second-order valence-electron chi connectivity index (χ2n) is 8.20. The SMILES string of the molecule is O=C(N1CCC(O)(C(F)(F)F)C1)C12CC3CC(CC(C3)C1)C2. The molecule has 4 aliphatic carbocycles. The minimum Gasteiger partial charge on any atom is -0.379 e. The Kier molecular flexibility index (Phi) is 2.96. The monoisotopic (exact) mass is 317 g/mol. The molecule has 1 unspecified atom stereocenters. The zero-order valence-electron chi connectivity index (χ0n) is 12.5. The van der Waals surface area contributed by atoms with E-state index in [1.54, 1.807) is 0 Å². The van der Waals surface area contributed by atoms with Crippen LogP contribution >= 0.6 is 0 Å². The number of alkyl halides is 3. The molecule has 6 heteroatoms. The Bertz CT molecular complexity index is 469. The molecule has 0 aromatic rings. The molecule has 1 atom stereocenters. The van der Waals surface area contributed by atoms with Gasteiger partial charge in [-0.3, -0.25) is 4.79 Å². The van der Waals surface area contributed by atoms with E-state index in [0.29, 0.717) is 17.8 Å². The fourth-order valence-electron chi connectivity index (χ4n) is 5.91. The molecule has 0 spiro atoms. The minimum atomic E-state index is -4.66. The molecule has 1 heterocycles. The topological polar surface area (TPSA) is 40.5 Å². The molecule has 5 rings (SSSR count). The minimum absolute atomic E-state index is 0.0244. The summed E-state index contributed by atoms with van der Waals surface area (Å²) in [4.78, 5) is 14.3. The molecule has 124 valence electrons. The van der Waals surface area contributed by atoms with Crippen LogP contribution in [0.1, 0.15) is 44.9 Å². The zero-order chi connectivity index (χ0) is 15.8. The molecule has 1 aliphatic heterocycles. The van der Waals surface area contributed by atoms with Crippen molar-refractivity contribution in [1.82, 2.24) is 4.90 Å². The summed E-state index contributed by atoms with van der Waals surface area (Å²) in [7, 11) is 0. The van der Waals surface area contributed by atoms with Gasteiger partial charge < -0.3 is 10.0 Å². The van der Waals surface area contributed by atoms with Crippen molar-refractivity contribution in [2.45, 2.75) is 56.7 Å². The average molecular weight is 317 g/mol. The molecule has 1 amide bonds. The summed E-state index contributed by atoms with van der Waals surface area (Å²) in [5, 5.41) is 9.81. The van der Waals surface area contributed by atoms with Crippen molar-refractivity contribution in [3.63, 3.8) is 0 Å². The van der Waals surface area contributed by atoms with E-state index < -0.39 is 30.2 Å². The van der Waals surface area contributed by atoms with E-state index in [0.717, 1.165) is 19.3 Å². The number of likely N-dealkylation sites (tertiary alicyclic amines) is 1. The number of carbonyl (C=O) groups excluding carboxylic acids is 1. The number of rotatable bonds is 1. The van der Waals surface area contributed by atoms with Crippen molar-refractivity contribution in [1.29, 1.82) is 0 Å². The van der Waals surface area contributed by atoms with E-state index in [-0.39, 0.29) is 12.5 Å². The Morgan fingerprint density at radius 1 is 1.05 bits per heavy atom. The number of amides is 1. The van der Waals surface area contributed by atoms with Crippen LogP contribution in [0.2, 0.25) is 0 Å². The standard InChI is InChI=1S/C16H22F3NO2/c17-16(18,19)15(22)1-2-20(9-15)13(21)14-6-10-3-11(7-14)5-12(4-10)8-14/h10-12,22H,1-9H2. The van der Waals surface area contributed by atoms with Gasteiger partial charge in [0.2, 0.25) is 5.91 Å². The van der Waals surface area contributed by atoms with Gasteiger partial charge in [-0.1, -0.05) is 0 Å². The highest BCUT2D eigenvalue weighted by molar-refractivity contribution is 5.83. The van der Waals surface area contributed by atoms with Gasteiger partial charge >= 0.3 is 6.18 Å². The maximum atomic E-state index is 13.0. The molecule has 5 aliphatic rings. The molecule has 1 saturated heterocycles. The molecule has 0 radical (unpaired) electrons. The Morgan fingerprint density at radius 2 is 1.55 bits per heavy atom. The number of aliphatic hydroxyl groups is 1. The van der Waals surface area contributed by atoms with E-state index in [4.69, 9.17) is 0 Å². The highest BCUT2D eigenvalue weighted by Gasteiger charge is 2.61. The lowest BCUT2D eigenvalue weighted by Gasteiger charge is -2.56. The normalized spacial score (nSPS) is 47.3. The Balaban J connectivity index is 1.54. The first-order valence-corrected chi connectivity index (χ1v) is 8.29. The summed E-state index contributed by atoms with van der Waals surface area (Å²) in [6.45, 7) is -0.562. The molecule has 5 fully saturated rings. The summed E-state index contributed by atoms with van der Waals surface area (Å²) in [6, 6.07) is 0. The van der Waals surface area contributed by atoms with Gasteiger partial charge in [-0.15, -0.1) is 0 Å². The van der Waals surface area contributed by atoms with E-state index in [1.165, 1.54) is 24.2 Å². The molecule has 3 nitrogen and oxygen atoms in total. The summed E-state index contributed by atoms with van der Waals surface area (Å²) < 4.78 is 38.9. The molecule has 0 aromatic heterocycles. The predicted molar refractivity (Wildman–Crippen MR) is 72.8 cm³/mol. The first-order chi connectivity index (χ1) is 10.2. The number of hydrogen-bond acceptors (Lipinski definition) is 2. The number of halogens is 3.